The van der Waals surface area contributed by atoms with Gasteiger partial charge in [0, 0.05) is 6.08 Å². The first-order chi connectivity index (χ1) is 7.93. The summed E-state index contributed by atoms with van der Waals surface area (Å²) in [6.07, 6.45) is 6.47. The number of allylic oxidation sites excluding steroid dienone is 1. The van der Waals surface area contributed by atoms with Crippen molar-refractivity contribution in [1.82, 2.24) is 0 Å². The Bertz CT molecular complexity index is 376. The van der Waals surface area contributed by atoms with Crippen LogP contribution in [0.4, 0.5) is 0 Å². The van der Waals surface area contributed by atoms with E-state index in [2.05, 4.69) is 25.7 Å². The minimum absolute atomic E-state index is 0.479. The van der Waals surface area contributed by atoms with E-state index in [0.29, 0.717) is 5.57 Å². The molecule has 0 bridgehead atoms. The van der Waals surface area contributed by atoms with Crippen molar-refractivity contribution in [3.63, 3.8) is 0 Å². The van der Waals surface area contributed by atoms with E-state index in [9.17, 15) is 5.26 Å². The Balaban J connectivity index is 3.06. The maximum absolute atomic E-state index is 9.24. The van der Waals surface area contributed by atoms with Crippen LogP contribution >= 0.6 is 0 Å². The number of rotatable bonds is 3. The molecule has 0 spiro atoms. The molecule has 17 heavy (non-hydrogen) atoms. The maximum atomic E-state index is 9.24. The Kier molecular flexibility index (Phi) is 4.51. The van der Waals surface area contributed by atoms with E-state index in [4.69, 9.17) is 9.69 Å². The van der Waals surface area contributed by atoms with Crippen LogP contribution in [-0.4, -0.2) is 13.9 Å². The quantitative estimate of drug-likeness (QED) is 0.567. The van der Waals surface area contributed by atoms with Gasteiger partial charge in [0.1, 0.15) is 0 Å². The zero-order valence-electron chi connectivity index (χ0n) is 10.9. The van der Waals surface area contributed by atoms with E-state index in [-0.39, 0.29) is 0 Å². The number of hydrogen-bond donors (Lipinski definition) is 0. The van der Waals surface area contributed by atoms with Crippen LogP contribution < -0.4 is 0 Å². The van der Waals surface area contributed by atoms with Gasteiger partial charge >= 0.3 is 0 Å². The summed E-state index contributed by atoms with van der Waals surface area (Å²) in [6, 6.07) is 4.15. The average molecular weight is 248 g/mol. The van der Waals surface area contributed by atoms with Crippen molar-refractivity contribution >= 4 is 8.32 Å². The molecule has 0 radical (unpaired) electrons. The molecule has 3 nitrogen and oxygen atoms in total. The van der Waals surface area contributed by atoms with Gasteiger partial charge in [0.25, 0.3) is 0 Å². The normalized spacial score (nSPS) is 20.4. The molecule has 1 rings (SSSR count). The van der Waals surface area contributed by atoms with Crippen LogP contribution in [0.1, 0.15) is 32.1 Å². The monoisotopic (exact) mass is 248 g/mol. The zero-order chi connectivity index (χ0) is 12.9. The van der Waals surface area contributed by atoms with Crippen LogP contribution in [0.3, 0.4) is 0 Å². The predicted molar refractivity (Wildman–Crippen MR) is 69.6 cm³/mol. The van der Waals surface area contributed by atoms with Crippen molar-refractivity contribution in [3.8, 4) is 12.1 Å². The van der Waals surface area contributed by atoms with E-state index in [1.165, 1.54) is 12.5 Å². The Morgan fingerprint density at radius 1 is 1.18 bits per heavy atom. The topological polar surface area (TPSA) is 56.8 Å². The Labute approximate surface area is 105 Å². The molecule has 4 heteroatoms. The predicted octanol–water partition coefficient (Wildman–Crippen LogP) is 3.51. The highest BCUT2D eigenvalue weighted by molar-refractivity contribution is 6.69. The third kappa shape index (κ3) is 3.69. The van der Waals surface area contributed by atoms with Gasteiger partial charge in [0.15, 0.2) is 8.32 Å². The van der Waals surface area contributed by atoms with Crippen LogP contribution in [0.2, 0.25) is 19.6 Å². The molecular formula is C13H20N2OSi. The van der Waals surface area contributed by atoms with Gasteiger partial charge in [-0.25, -0.2) is 0 Å². The van der Waals surface area contributed by atoms with Crippen molar-refractivity contribution in [2.75, 3.05) is 0 Å². The molecule has 0 aromatic carbocycles. The minimum Gasteiger partial charge on any atom is -0.407 e. The van der Waals surface area contributed by atoms with Gasteiger partial charge in [-0.15, -0.1) is 0 Å². The number of hydrogen-bond acceptors (Lipinski definition) is 3. The molecule has 92 valence electrons. The molecule has 1 fully saturated rings. The highest BCUT2D eigenvalue weighted by Gasteiger charge is 2.40. The van der Waals surface area contributed by atoms with Crippen molar-refractivity contribution in [1.29, 1.82) is 10.5 Å². The molecule has 0 aromatic rings. The Morgan fingerprint density at radius 3 is 2.18 bits per heavy atom. The van der Waals surface area contributed by atoms with E-state index in [1.54, 1.807) is 0 Å². The fourth-order valence-corrected chi connectivity index (χ4v) is 3.95. The lowest BCUT2D eigenvalue weighted by Gasteiger charge is -2.41. The second-order valence-electron chi connectivity index (χ2n) is 5.57. The maximum Gasteiger partial charge on any atom is 0.185 e. The van der Waals surface area contributed by atoms with Gasteiger partial charge in [-0.2, -0.15) is 10.5 Å². The summed E-state index contributed by atoms with van der Waals surface area (Å²) in [4.78, 5) is 0. The summed E-state index contributed by atoms with van der Waals surface area (Å²) in [6.45, 7) is 6.39. The fourth-order valence-electron chi connectivity index (χ4n) is 2.47. The summed E-state index contributed by atoms with van der Waals surface area (Å²) in [7, 11) is -1.73. The second-order valence-corrected chi connectivity index (χ2v) is 10.00. The van der Waals surface area contributed by atoms with Crippen molar-refractivity contribution in [2.45, 2.75) is 57.3 Å². The van der Waals surface area contributed by atoms with Crippen LogP contribution in [-0.2, 0) is 4.43 Å². The molecule has 0 atom stereocenters. The van der Waals surface area contributed by atoms with Gasteiger partial charge in [0.05, 0.1) is 23.3 Å². The van der Waals surface area contributed by atoms with Gasteiger partial charge < -0.3 is 4.43 Å². The van der Waals surface area contributed by atoms with Crippen molar-refractivity contribution in [2.24, 2.45) is 0 Å². The number of nitrogens with zero attached hydrogens (tertiary/aromatic N) is 2. The lowest BCUT2D eigenvalue weighted by atomic mass is 9.79. The third-order valence-corrected chi connectivity index (χ3v) is 3.99. The third-order valence-electron chi connectivity index (χ3n) is 2.98. The van der Waals surface area contributed by atoms with Crippen molar-refractivity contribution < 1.29 is 4.43 Å². The van der Waals surface area contributed by atoms with Crippen molar-refractivity contribution in [3.05, 3.63) is 11.6 Å². The van der Waals surface area contributed by atoms with E-state index in [1.807, 2.05) is 6.07 Å². The van der Waals surface area contributed by atoms with E-state index in [0.717, 1.165) is 25.7 Å². The fraction of sp³-hybridized carbons (Fsp3) is 0.692. The molecule has 0 aliphatic heterocycles. The lowest BCUT2D eigenvalue weighted by Crippen LogP contribution is -2.45. The van der Waals surface area contributed by atoms with Crippen LogP contribution in [0.15, 0.2) is 11.6 Å². The Morgan fingerprint density at radius 2 is 1.76 bits per heavy atom. The number of nitriles is 2. The van der Waals surface area contributed by atoms with Gasteiger partial charge in [-0.05, 0) is 32.5 Å². The Hall–Kier alpha value is -1.10. The largest absolute Gasteiger partial charge is 0.407 e. The first kappa shape index (κ1) is 14.0. The van der Waals surface area contributed by atoms with Crippen LogP contribution in [0.25, 0.3) is 0 Å². The molecular weight excluding hydrogens is 228 g/mol. The summed E-state index contributed by atoms with van der Waals surface area (Å²) in [5.41, 5.74) is 0.0369. The highest BCUT2D eigenvalue weighted by Crippen LogP contribution is 2.39. The zero-order valence-corrected chi connectivity index (χ0v) is 11.9. The van der Waals surface area contributed by atoms with E-state index < -0.39 is 13.9 Å². The van der Waals surface area contributed by atoms with E-state index >= 15 is 0 Å². The molecule has 1 aliphatic carbocycles. The molecule has 0 N–H and O–H groups in total. The van der Waals surface area contributed by atoms with Crippen LogP contribution in [0, 0.1) is 22.7 Å². The molecule has 1 saturated carbocycles. The highest BCUT2D eigenvalue weighted by atomic mass is 28.4. The average Bonchev–Trinajstić information content (AvgIpc) is 2.24. The second kappa shape index (κ2) is 5.49. The molecule has 0 unspecified atom stereocenters. The molecule has 0 amide bonds. The van der Waals surface area contributed by atoms with Gasteiger partial charge in [0.2, 0.25) is 0 Å². The summed E-state index contributed by atoms with van der Waals surface area (Å²) < 4.78 is 6.27. The van der Waals surface area contributed by atoms with Gasteiger partial charge in [-0.1, -0.05) is 19.3 Å². The molecule has 0 heterocycles. The SMILES string of the molecule is C[Si](C)(C)OC1(C(C#N)=CC#N)CCCCC1. The lowest BCUT2D eigenvalue weighted by molar-refractivity contribution is 0.0624. The summed E-state index contributed by atoms with van der Waals surface area (Å²) in [5, 5.41) is 18.0. The summed E-state index contributed by atoms with van der Waals surface area (Å²) in [5.74, 6) is 0. The molecule has 1 aliphatic rings. The smallest absolute Gasteiger partial charge is 0.185 e. The molecule has 0 saturated heterocycles. The first-order valence-electron chi connectivity index (χ1n) is 6.14. The minimum atomic E-state index is -1.73. The standard InChI is InChI=1S/C13H20N2OSi/c1-17(2,3)16-13(8-5-4-6-9-13)12(11-15)7-10-14/h7H,4-6,8-9H2,1-3H3. The molecule has 0 aromatic heterocycles. The summed E-state index contributed by atoms with van der Waals surface area (Å²) >= 11 is 0. The van der Waals surface area contributed by atoms with Gasteiger partial charge in [-0.3, -0.25) is 0 Å². The first-order valence-corrected chi connectivity index (χ1v) is 9.55. The van der Waals surface area contributed by atoms with Crippen LogP contribution in [0.5, 0.6) is 0 Å².